The molecule has 0 bridgehead atoms. The molecule has 29 heteroatoms. The number of alkyl carbamates (subject to hydrolysis) is 1. The number of allylic oxidation sites excluding steroid dienone is 1. The molecule has 1 heterocycles. The molecule has 2 aromatic carbocycles. The van der Waals surface area contributed by atoms with Gasteiger partial charge in [0, 0.05) is 68.3 Å². The van der Waals surface area contributed by atoms with Crippen LogP contribution in [-0.4, -0.2) is 272 Å². The van der Waals surface area contributed by atoms with Gasteiger partial charge in [-0.25, -0.2) is 4.79 Å². The molecular formula is C81H129N13O16. The highest BCUT2D eigenvalue weighted by molar-refractivity contribution is 6.00. The third-order valence-corrected chi connectivity index (χ3v) is 20.5. The molecule has 1 aliphatic heterocycles. The number of hydrogen-bond donors (Lipinski definition) is 7. The fourth-order valence-corrected chi connectivity index (χ4v) is 14.0. The first-order valence-electron chi connectivity index (χ1n) is 38.8. The Morgan fingerprint density at radius 2 is 0.964 bits per heavy atom. The first-order valence-corrected chi connectivity index (χ1v) is 38.8. The standard InChI is InChI=1S/C81H129N13O16/c1-24-60-76(103)88(17)44-66(96)89(18)61(40-46(2)3)73(100)87-67(50(10)11)79(106)90(19)62(41-47(4)5)72(99)84-53(15)71(98)85-54(16)75(102)91(20)63(42-48(6)7)77(104)92(21)64(43-49(8)9)78(105)93(22)68(51(12)13)80(107)94(23)69(74(101)86-60)70(97)52(14)30-29-35-65(95)82-36-38-109-39-37-83-81(108)110-45-59-57-33-27-25-31-55(57)56-32-26-28-34-58(56)59/h25-29,31-35,46-54,59-64,67-70,97H,24,30,36-45H2,1-23H3,(H,82,95)(H,83,108)(H,84,99)(H,85,98)(H,86,101)(H,87,100)/b35-29+/t52-,53+,54-,60+,61+,62+,63+,64+,67+,68+,69+,70-/m1/s1. The Hall–Kier alpha value is -8.99. The minimum absolute atomic E-state index is 0.0277. The van der Waals surface area contributed by atoms with Gasteiger partial charge >= 0.3 is 6.09 Å². The zero-order chi connectivity index (χ0) is 83.0. The second-order valence-corrected chi connectivity index (χ2v) is 32.1. The van der Waals surface area contributed by atoms with Crippen molar-refractivity contribution in [3.8, 4) is 11.1 Å². The predicted octanol–water partition coefficient (Wildman–Crippen LogP) is 4.92. The van der Waals surface area contributed by atoms with Gasteiger partial charge in [-0.05, 0) is 122 Å². The van der Waals surface area contributed by atoms with Crippen molar-refractivity contribution >= 4 is 77.0 Å². The third-order valence-electron chi connectivity index (χ3n) is 20.5. The van der Waals surface area contributed by atoms with Crippen LogP contribution in [0.25, 0.3) is 11.1 Å². The SMILES string of the molecule is CC[C@@H]1NC(=O)[C@H]([C@H](O)[C@H](C)C/C=C/C(=O)NCCOCCNC(=O)OCC2c3ccccc3-c3ccccc32)N(C)C(=O)[C@H](C(C)C)N(C)C(=O)[C@H](CC(C)C)N(C)C(=O)[C@H](CC(C)C)N(C)C(=O)[C@@H](C)NC(=O)[C@H](C)NC(=O)[C@H](CC(C)C)N(C)C(=O)[C@H](C(C)C)NC(=O)[C@H](CC(C)C)N(C)C(=O)CN(C)C1=O. The summed E-state index contributed by atoms with van der Waals surface area (Å²) >= 11 is 0. The summed E-state index contributed by atoms with van der Waals surface area (Å²) in [5, 5.41) is 28.9. The lowest BCUT2D eigenvalue weighted by atomic mass is 9.91. The van der Waals surface area contributed by atoms with Gasteiger partial charge in [0.25, 0.3) is 0 Å². The Morgan fingerprint density at radius 3 is 1.47 bits per heavy atom. The van der Waals surface area contributed by atoms with Gasteiger partial charge in [0.2, 0.25) is 70.9 Å². The van der Waals surface area contributed by atoms with E-state index in [1.54, 1.807) is 41.5 Å². The molecule has 0 aromatic heterocycles. The lowest BCUT2D eigenvalue weighted by Gasteiger charge is -2.41. The highest BCUT2D eigenvalue weighted by Gasteiger charge is 2.46. The molecular weight excluding hydrogens is 1410 g/mol. The molecule has 0 saturated carbocycles. The normalized spacial score (nSPS) is 23.7. The summed E-state index contributed by atoms with van der Waals surface area (Å²) in [5.74, 6) is -11.5. The Kier molecular flexibility index (Phi) is 37.0. The van der Waals surface area contributed by atoms with Gasteiger partial charge in [-0.3, -0.25) is 57.5 Å². The van der Waals surface area contributed by atoms with Crippen LogP contribution in [0.15, 0.2) is 60.7 Å². The molecule has 1 aliphatic carbocycles. The molecule has 614 valence electrons. The topological polar surface area (TPSA) is 355 Å². The van der Waals surface area contributed by atoms with Crippen LogP contribution >= 0.6 is 0 Å². The number of fused-ring (bicyclic) bond motifs is 3. The summed E-state index contributed by atoms with van der Waals surface area (Å²) in [5.41, 5.74) is 4.40. The summed E-state index contributed by atoms with van der Waals surface area (Å²) in [4.78, 5) is 196. The van der Waals surface area contributed by atoms with Crippen LogP contribution in [0.1, 0.15) is 166 Å². The van der Waals surface area contributed by atoms with Gasteiger partial charge in [-0.1, -0.05) is 152 Å². The number of ether oxygens (including phenoxy) is 2. The maximum absolute atomic E-state index is 15.5. The molecule has 1 fully saturated rings. The highest BCUT2D eigenvalue weighted by atomic mass is 16.5. The van der Waals surface area contributed by atoms with Crippen molar-refractivity contribution in [1.82, 2.24) is 66.2 Å². The lowest BCUT2D eigenvalue weighted by molar-refractivity contribution is -0.157. The van der Waals surface area contributed by atoms with E-state index in [0.29, 0.717) is 0 Å². The average Bonchev–Trinajstić information content (AvgIpc) is 1.09. The molecule has 0 radical (unpaired) electrons. The molecule has 2 aliphatic rings. The Bertz CT molecular complexity index is 3480. The van der Waals surface area contributed by atoms with Crippen LogP contribution in [0.3, 0.4) is 0 Å². The largest absolute Gasteiger partial charge is 0.449 e. The molecule has 110 heavy (non-hydrogen) atoms. The molecule has 0 spiro atoms. The summed E-state index contributed by atoms with van der Waals surface area (Å²) in [7, 11) is 9.70. The van der Waals surface area contributed by atoms with Crippen LogP contribution in [-0.2, 0) is 67.0 Å². The van der Waals surface area contributed by atoms with Crippen LogP contribution < -0.4 is 31.9 Å². The maximum atomic E-state index is 15.5. The Labute approximate surface area is 652 Å². The number of amides is 13. The van der Waals surface area contributed by atoms with Gasteiger partial charge in [0.15, 0.2) is 0 Å². The van der Waals surface area contributed by atoms with Crippen molar-refractivity contribution in [2.45, 2.75) is 222 Å². The number of aliphatic hydroxyl groups excluding tert-OH is 1. The molecule has 1 saturated heterocycles. The van der Waals surface area contributed by atoms with Crippen molar-refractivity contribution < 1.29 is 76.9 Å². The van der Waals surface area contributed by atoms with E-state index in [2.05, 4.69) is 44.0 Å². The number of hydrogen-bond acceptors (Lipinski definition) is 16. The number of likely N-dealkylation sites (N-methyl/N-ethyl adjacent to an activating group) is 7. The fraction of sp³-hybridized carbons (Fsp3) is 0.667. The van der Waals surface area contributed by atoms with Gasteiger partial charge in [0.05, 0.1) is 25.9 Å². The smallest absolute Gasteiger partial charge is 0.407 e. The summed E-state index contributed by atoms with van der Waals surface area (Å²) < 4.78 is 11.3. The monoisotopic (exact) mass is 1540 g/mol. The predicted molar refractivity (Wildman–Crippen MR) is 420 cm³/mol. The van der Waals surface area contributed by atoms with E-state index in [4.69, 9.17) is 9.47 Å². The molecule has 12 atom stereocenters. The zero-order valence-electron chi connectivity index (χ0n) is 69.4. The first-order chi connectivity index (χ1) is 51.5. The van der Waals surface area contributed by atoms with Gasteiger partial charge in [-0.2, -0.15) is 0 Å². The quantitative estimate of drug-likeness (QED) is 0.0542. The fourth-order valence-electron chi connectivity index (χ4n) is 14.0. The minimum atomic E-state index is -1.79. The summed E-state index contributed by atoms with van der Waals surface area (Å²) in [6.45, 7) is 27.6. The van der Waals surface area contributed by atoms with Crippen LogP contribution in [0.2, 0.25) is 0 Å². The Morgan fingerprint density at radius 1 is 0.509 bits per heavy atom. The van der Waals surface area contributed by atoms with Crippen molar-refractivity contribution in [3.05, 3.63) is 71.8 Å². The van der Waals surface area contributed by atoms with Crippen molar-refractivity contribution in [1.29, 1.82) is 0 Å². The van der Waals surface area contributed by atoms with E-state index in [1.807, 2.05) is 91.8 Å². The zero-order valence-corrected chi connectivity index (χ0v) is 69.4. The third kappa shape index (κ3) is 25.8. The van der Waals surface area contributed by atoms with Gasteiger partial charge < -0.3 is 80.8 Å². The molecule has 4 rings (SSSR count). The number of nitrogens with one attached hydrogen (secondary N) is 6. The van der Waals surface area contributed by atoms with E-state index < -0.39 is 168 Å². The lowest BCUT2D eigenvalue weighted by Crippen LogP contribution is -2.63. The maximum Gasteiger partial charge on any atom is 0.407 e. The van der Waals surface area contributed by atoms with Crippen LogP contribution in [0.5, 0.6) is 0 Å². The second kappa shape index (κ2) is 43.6. The van der Waals surface area contributed by atoms with E-state index >= 15 is 19.2 Å². The van der Waals surface area contributed by atoms with Gasteiger partial charge in [-0.15, -0.1) is 0 Å². The first kappa shape index (κ1) is 93.4. The molecule has 7 N–H and O–H groups in total. The van der Waals surface area contributed by atoms with E-state index in [9.17, 15) is 48.3 Å². The van der Waals surface area contributed by atoms with Crippen molar-refractivity contribution in [3.63, 3.8) is 0 Å². The number of aliphatic hydroxyl groups is 1. The van der Waals surface area contributed by atoms with Crippen molar-refractivity contribution in [2.24, 2.45) is 41.4 Å². The van der Waals surface area contributed by atoms with E-state index in [1.165, 1.54) is 99.8 Å². The number of rotatable bonds is 24. The molecule has 2 aromatic rings. The van der Waals surface area contributed by atoms with E-state index in [0.717, 1.165) is 32.1 Å². The van der Waals surface area contributed by atoms with Crippen LogP contribution in [0.4, 0.5) is 4.79 Å². The minimum Gasteiger partial charge on any atom is -0.449 e. The number of carbonyl (C=O) groups is 13. The molecule has 13 amide bonds. The van der Waals surface area contributed by atoms with E-state index in [-0.39, 0.29) is 101 Å². The van der Waals surface area contributed by atoms with Gasteiger partial charge in [0.1, 0.15) is 67.0 Å². The van der Waals surface area contributed by atoms with Crippen LogP contribution in [0, 0.1) is 41.4 Å². The number of carbonyl (C=O) groups excluding carboxylic acids is 13. The Balaban J connectivity index is 1.70. The molecule has 29 nitrogen and oxygen atoms in total. The summed E-state index contributed by atoms with van der Waals surface area (Å²) in [6.07, 6.45) is 0.773. The number of nitrogens with zero attached hydrogens (tertiary/aromatic N) is 7. The second-order valence-electron chi connectivity index (χ2n) is 32.1. The molecule has 0 unspecified atom stereocenters. The highest BCUT2D eigenvalue weighted by Crippen LogP contribution is 2.44. The average molecular weight is 1540 g/mol. The number of benzene rings is 2. The summed E-state index contributed by atoms with van der Waals surface area (Å²) in [6, 6.07) is 3.01. The van der Waals surface area contributed by atoms with Crippen molar-refractivity contribution in [2.75, 3.05) is 88.8 Å².